The van der Waals surface area contributed by atoms with Crippen molar-refractivity contribution < 1.29 is 14.7 Å². The van der Waals surface area contributed by atoms with E-state index in [1.165, 1.54) is 5.56 Å². The highest BCUT2D eigenvalue weighted by Gasteiger charge is 2.32. The molecule has 1 aliphatic heterocycles. The molecule has 1 aliphatic rings. The van der Waals surface area contributed by atoms with Crippen molar-refractivity contribution in [2.45, 2.75) is 31.9 Å². The average molecular weight is 319 g/mol. The highest BCUT2D eigenvalue weighted by Crippen LogP contribution is 2.22. The Kier molecular flexibility index (Phi) is 5.32. The Morgan fingerprint density at radius 3 is 2.64 bits per heavy atom. The van der Waals surface area contributed by atoms with Crippen LogP contribution < -0.4 is 5.32 Å². The normalized spacial score (nSPS) is 20.3. The Bertz CT molecular complexity index is 638. The van der Waals surface area contributed by atoms with Crippen molar-refractivity contribution in [2.24, 2.45) is 10.2 Å². The van der Waals surface area contributed by atoms with E-state index in [9.17, 15) is 9.59 Å². The van der Waals surface area contributed by atoms with E-state index in [0.29, 0.717) is 5.17 Å². The fourth-order valence-electron chi connectivity index (χ4n) is 1.90. The highest BCUT2D eigenvalue weighted by atomic mass is 32.2. The fourth-order valence-corrected chi connectivity index (χ4v) is 2.81. The minimum absolute atomic E-state index is 0.225. The Labute approximate surface area is 132 Å². The van der Waals surface area contributed by atoms with Gasteiger partial charge in [-0.2, -0.15) is 5.10 Å². The minimum atomic E-state index is -1.01. The summed E-state index contributed by atoms with van der Waals surface area (Å²) >= 11 is 1.09. The molecule has 0 saturated carbocycles. The number of benzene rings is 1. The second-order valence-corrected chi connectivity index (χ2v) is 6.03. The summed E-state index contributed by atoms with van der Waals surface area (Å²) in [6.07, 6.45) is 0.753. The van der Waals surface area contributed by atoms with Crippen molar-refractivity contribution in [2.75, 3.05) is 0 Å². The maximum atomic E-state index is 11.6. The molecule has 1 unspecified atom stereocenters. The van der Waals surface area contributed by atoms with Crippen LogP contribution in [0.1, 0.15) is 31.4 Å². The summed E-state index contributed by atoms with van der Waals surface area (Å²) in [5.41, 5.74) is 2.93. The zero-order valence-electron chi connectivity index (χ0n) is 12.4. The van der Waals surface area contributed by atoms with Crippen LogP contribution in [0.25, 0.3) is 0 Å². The number of carbonyl (C=O) groups is 2. The smallest absolute Gasteiger partial charge is 0.305 e. The first-order valence-corrected chi connectivity index (χ1v) is 7.78. The summed E-state index contributed by atoms with van der Waals surface area (Å²) in [5, 5.41) is 19.1. The molecule has 2 N–H and O–H groups in total. The van der Waals surface area contributed by atoms with Gasteiger partial charge in [0.2, 0.25) is 5.91 Å². The average Bonchev–Trinajstić information content (AvgIpc) is 2.84. The molecule has 1 saturated heterocycles. The highest BCUT2D eigenvalue weighted by molar-refractivity contribution is 8.15. The molecule has 1 amide bonds. The van der Waals surface area contributed by atoms with Crippen LogP contribution >= 0.6 is 11.8 Å². The number of hydrogen-bond donors (Lipinski definition) is 2. The predicted octanol–water partition coefficient (Wildman–Crippen LogP) is 2.04. The molecule has 0 aromatic heterocycles. The molecule has 1 aromatic carbocycles. The number of carboxylic acid groups (broad SMARTS) is 1. The van der Waals surface area contributed by atoms with E-state index in [1.54, 1.807) is 0 Å². The van der Waals surface area contributed by atoms with Gasteiger partial charge in [-0.25, -0.2) is 0 Å². The van der Waals surface area contributed by atoms with Gasteiger partial charge >= 0.3 is 5.97 Å². The second-order valence-electron chi connectivity index (χ2n) is 4.83. The summed E-state index contributed by atoms with van der Waals surface area (Å²) in [7, 11) is 0. The van der Waals surface area contributed by atoms with Crippen LogP contribution in [0.3, 0.4) is 0 Å². The molecule has 1 aromatic rings. The van der Waals surface area contributed by atoms with E-state index < -0.39 is 11.2 Å². The van der Waals surface area contributed by atoms with E-state index in [2.05, 4.69) is 22.4 Å². The monoisotopic (exact) mass is 319 g/mol. The molecular weight excluding hydrogens is 302 g/mol. The first-order valence-electron chi connectivity index (χ1n) is 6.90. The van der Waals surface area contributed by atoms with Gasteiger partial charge in [0.15, 0.2) is 5.17 Å². The molecule has 6 nitrogen and oxygen atoms in total. The van der Waals surface area contributed by atoms with Crippen molar-refractivity contribution in [3.05, 3.63) is 35.4 Å². The lowest BCUT2D eigenvalue weighted by Crippen LogP contribution is -2.26. The molecule has 1 heterocycles. The minimum Gasteiger partial charge on any atom is -0.481 e. The van der Waals surface area contributed by atoms with E-state index in [-0.39, 0.29) is 12.3 Å². The number of nitrogens with zero attached hydrogens (tertiary/aromatic N) is 2. The third-order valence-electron chi connectivity index (χ3n) is 3.21. The van der Waals surface area contributed by atoms with E-state index in [0.717, 1.165) is 29.5 Å². The molecule has 0 bridgehead atoms. The SMILES string of the molecule is CCc1ccc(C(C)=NN=C2NC(=O)C(CC(=O)O)S2)cc1. The Hall–Kier alpha value is -2.15. The number of aryl methyl sites for hydroxylation is 1. The van der Waals surface area contributed by atoms with Crippen LogP contribution in [-0.2, 0) is 16.0 Å². The van der Waals surface area contributed by atoms with Gasteiger partial charge in [-0.05, 0) is 24.5 Å². The summed E-state index contributed by atoms with van der Waals surface area (Å²) in [6.45, 7) is 3.93. The number of rotatable bonds is 5. The number of aliphatic carboxylic acids is 1. The van der Waals surface area contributed by atoms with E-state index >= 15 is 0 Å². The first kappa shape index (κ1) is 16.2. The van der Waals surface area contributed by atoms with Gasteiger partial charge in [0.25, 0.3) is 0 Å². The molecule has 0 spiro atoms. The van der Waals surface area contributed by atoms with E-state index in [4.69, 9.17) is 5.11 Å². The molecule has 7 heteroatoms. The summed E-state index contributed by atoms with van der Waals surface area (Å²) in [5.74, 6) is -1.35. The molecule has 116 valence electrons. The Morgan fingerprint density at radius 2 is 2.05 bits per heavy atom. The van der Waals surface area contributed by atoms with Gasteiger partial charge in [0.05, 0.1) is 12.1 Å². The van der Waals surface area contributed by atoms with Crippen LogP contribution in [-0.4, -0.2) is 33.1 Å². The topological polar surface area (TPSA) is 91.1 Å². The van der Waals surface area contributed by atoms with Gasteiger partial charge in [0, 0.05) is 0 Å². The quantitative estimate of drug-likeness (QED) is 0.642. The summed E-state index contributed by atoms with van der Waals surface area (Å²) in [6, 6.07) is 8.03. The zero-order valence-corrected chi connectivity index (χ0v) is 13.2. The third-order valence-corrected chi connectivity index (χ3v) is 4.28. The lowest BCUT2D eigenvalue weighted by Gasteiger charge is -2.01. The van der Waals surface area contributed by atoms with Crippen molar-refractivity contribution >= 4 is 34.5 Å². The first-order chi connectivity index (χ1) is 10.5. The number of carbonyl (C=O) groups excluding carboxylic acids is 1. The molecular formula is C15H17N3O3S. The number of carboxylic acids is 1. The van der Waals surface area contributed by atoms with Crippen molar-refractivity contribution in [3.63, 3.8) is 0 Å². The van der Waals surface area contributed by atoms with Crippen molar-refractivity contribution in [1.82, 2.24) is 5.32 Å². The third kappa shape index (κ3) is 4.17. The fraction of sp³-hybridized carbons (Fsp3) is 0.333. The Morgan fingerprint density at radius 1 is 1.36 bits per heavy atom. The zero-order chi connectivity index (χ0) is 16.1. The number of amidine groups is 1. The number of amides is 1. The molecule has 22 heavy (non-hydrogen) atoms. The van der Waals surface area contributed by atoms with Crippen LogP contribution in [0, 0.1) is 0 Å². The number of thioether (sulfide) groups is 1. The number of nitrogens with one attached hydrogen (secondary N) is 1. The van der Waals surface area contributed by atoms with Crippen LogP contribution in [0.15, 0.2) is 34.5 Å². The molecule has 0 aliphatic carbocycles. The number of hydrogen-bond acceptors (Lipinski definition) is 5. The van der Waals surface area contributed by atoms with Crippen LogP contribution in [0.2, 0.25) is 0 Å². The summed E-state index contributed by atoms with van der Waals surface area (Å²) in [4.78, 5) is 22.2. The molecule has 1 atom stereocenters. The lowest BCUT2D eigenvalue weighted by atomic mass is 10.1. The van der Waals surface area contributed by atoms with Crippen LogP contribution in [0.5, 0.6) is 0 Å². The molecule has 1 fully saturated rings. The van der Waals surface area contributed by atoms with Gasteiger partial charge in [-0.1, -0.05) is 43.0 Å². The maximum Gasteiger partial charge on any atom is 0.305 e. The molecule has 2 rings (SSSR count). The van der Waals surface area contributed by atoms with Crippen LogP contribution in [0.4, 0.5) is 0 Å². The Balaban J connectivity index is 2.06. The lowest BCUT2D eigenvalue weighted by molar-refractivity contribution is -0.138. The molecule has 0 radical (unpaired) electrons. The second kappa shape index (κ2) is 7.22. The van der Waals surface area contributed by atoms with E-state index in [1.807, 2.05) is 31.2 Å². The van der Waals surface area contributed by atoms with Gasteiger partial charge in [0.1, 0.15) is 5.25 Å². The van der Waals surface area contributed by atoms with Crippen molar-refractivity contribution in [1.29, 1.82) is 0 Å². The largest absolute Gasteiger partial charge is 0.481 e. The maximum absolute atomic E-state index is 11.6. The summed E-state index contributed by atoms with van der Waals surface area (Å²) < 4.78 is 0. The standard InChI is InChI=1S/C15H17N3O3S/c1-3-10-4-6-11(7-5-10)9(2)17-18-15-16-14(21)12(22-15)8-13(19)20/h4-7,12H,3,8H2,1-2H3,(H,19,20)(H,16,18,21). The van der Waals surface area contributed by atoms with Crippen molar-refractivity contribution in [3.8, 4) is 0 Å². The van der Waals surface area contributed by atoms with Gasteiger partial charge in [-0.15, -0.1) is 5.10 Å². The predicted molar refractivity (Wildman–Crippen MR) is 87.2 cm³/mol. The van der Waals surface area contributed by atoms with Gasteiger partial charge in [-0.3, -0.25) is 9.59 Å². The van der Waals surface area contributed by atoms with Gasteiger partial charge < -0.3 is 10.4 Å².